The van der Waals surface area contributed by atoms with E-state index in [1.165, 1.54) is 19.3 Å². The molecule has 1 aliphatic heterocycles. The Balaban J connectivity index is 2.02. The average Bonchev–Trinajstić information content (AvgIpc) is 2.76. The van der Waals surface area contributed by atoms with Crippen LogP contribution in [0.25, 0.3) is 0 Å². The lowest BCUT2D eigenvalue weighted by Crippen LogP contribution is -2.43. The molecule has 0 spiro atoms. The lowest BCUT2D eigenvalue weighted by molar-refractivity contribution is -0.134. The minimum Gasteiger partial charge on any atom is -0.393 e. The Labute approximate surface area is 89.6 Å². The van der Waals surface area contributed by atoms with E-state index < -0.39 is 0 Å². The molecule has 1 heterocycles. The van der Waals surface area contributed by atoms with Crippen LogP contribution in [-0.2, 0) is 4.79 Å². The van der Waals surface area contributed by atoms with E-state index >= 15 is 0 Å². The van der Waals surface area contributed by atoms with Crippen molar-refractivity contribution in [2.75, 3.05) is 6.54 Å². The van der Waals surface area contributed by atoms with Gasteiger partial charge >= 0.3 is 0 Å². The molecule has 1 saturated heterocycles. The molecule has 1 saturated carbocycles. The third kappa shape index (κ3) is 1.52. The van der Waals surface area contributed by atoms with Crippen LogP contribution in [0.4, 0.5) is 0 Å². The second kappa shape index (κ2) is 3.50. The van der Waals surface area contributed by atoms with Crippen molar-refractivity contribution < 1.29 is 4.79 Å². The van der Waals surface area contributed by atoms with Crippen LogP contribution in [0.15, 0.2) is 0 Å². The maximum absolute atomic E-state index is 11.9. The molecule has 0 aromatic carbocycles. The van der Waals surface area contributed by atoms with Crippen LogP contribution in [0.1, 0.15) is 26.2 Å². The van der Waals surface area contributed by atoms with Crippen LogP contribution in [0.3, 0.4) is 0 Å². The number of carbonyl (C=O) groups excluding carboxylic acids is 1. The van der Waals surface area contributed by atoms with Crippen molar-refractivity contribution in [3.05, 3.63) is 0 Å². The third-order valence-electron chi connectivity index (χ3n) is 3.49. The number of thiocarbonyl (C=S) groups is 1. The van der Waals surface area contributed by atoms with E-state index in [4.69, 9.17) is 18.0 Å². The van der Waals surface area contributed by atoms with Crippen LogP contribution in [0, 0.1) is 11.8 Å². The number of piperidine rings is 1. The van der Waals surface area contributed by atoms with Gasteiger partial charge in [0, 0.05) is 12.6 Å². The first-order chi connectivity index (χ1) is 6.59. The lowest BCUT2D eigenvalue weighted by Gasteiger charge is -2.29. The summed E-state index contributed by atoms with van der Waals surface area (Å²) in [7, 11) is 0. The summed E-state index contributed by atoms with van der Waals surface area (Å²) in [6, 6.07) is 0.476. The van der Waals surface area contributed by atoms with Crippen LogP contribution >= 0.6 is 12.2 Å². The van der Waals surface area contributed by atoms with E-state index in [1.807, 2.05) is 4.90 Å². The summed E-state index contributed by atoms with van der Waals surface area (Å²) < 4.78 is 0. The smallest absolute Gasteiger partial charge is 0.232 e. The molecular weight excluding hydrogens is 196 g/mol. The predicted molar refractivity (Wildman–Crippen MR) is 58.8 cm³/mol. The quantitative estimate of drug-likeness (QED) is 0.692. The molecule has 0 aromatic rings. The van der Waals surface area contributed by atoms with E-state index in [-0.39, 0.29) is 11.8 Å². The number of likely N-dealkylation sites (tertiary alicyclic amines) is 1. The fourth-order valence-corrected chi connectivity index (χ4v) is 2.67. The Kier molecular flexibility index (Phi) is 2.47. The molecule has 0 radical (unpaired) electrons. The number of nitrogens with zero attached hydrogens (tertiary/aromatic N) is 1. The Morgan fingerprint density at radius 2 is 2.29 bits per heavy atom. The highest BCUT2D eigenvalue weighted by atomic mass is 32.1. The minimum absolute atomic E-state index is 0.129. The largest absolute Gasteiger partial charge is 0.393 e. The molecule has 2 fully saturated rings. The molecule has 0 aromatic heterocycles. The standard InChI is InChI=1S/C10H16N2OS/c1-6(9(11)14)10(13)12-5-7-2-3-8(12)4-7/h6-8H,2-5H2,1H3,(H2,11,14). The van der Waals surface area contributed by atoms with Crippen molar-refractivity contribution >= 4 is 23.1 Å². The van der Waals surface area contributed by atoms with Gasteiger partial charge in [-0.1, -0.05) is 12.2 Å². The Morgan fingerprint density at radius 3 is 2.71 bits per heavy atom. The van der Waals surface area contributed by atoms with Gasteiger partial charge in [0.1, 0.15) is 0 Å². The second-order valence-electron chi connectivity index (χ2n) is 4.45. The van der Waals surface area contributed by atoms with E-state index in [0.29, 0.717) is 11.0 Å². The van der Waals surface area contributed by atoms with Gasteiger partial charge in [-0.2, -0.15) is 0 Å². The summed E-state index contributed by atoms with van der Waals surface area (Å²) >= 11 is 4.85. The zero-order chi connectivity index (χ0) is 10.3. The van der Waals surface area contributed by atoms with Crippen LogP contribution in [0.5, 0.6) is 0 Å². The Bertz CT molecular complexity index is 279. The van der Waals surface area contributed by atoms with E-state index in [0.717, 1.165) is 12.5 Å². The second-order valence-corrected chi connectivity index (χ2v) is 4.92. The van der Waals surface area contributed by atoms with Gasteiger partial charge in [-0.25, -0.2) is 0 Å². The molecule has 78 valence electrons. The Hall–Kier alpha value is -0.640. The highest BCUT2D eigenvalue weighted by molar-refractivity contribution is 7.80. The number of hydrogen-bond donors (Lipinski definition) is 1. The number of carbonyl (C=O) groups is 1. The molecule has 2 N–H and O–H groups in total. The average molecular weight is 212 g/mol. The van der Waals surface area contributed by atoms with Crippen molar-refractivity contribution in [3.63, 3.8) is 0 Å². The molecule has 1 amide bonds. The summed E-state index contributed by atoms with van der Waals surface area (Å²) in [5.74, 6) is 0.580. The van der Waals surface area contributed by atoms with Crippen molar-refractivity contribution in [1.82, 2.24) is 4.90 Å². The highest BCUT2D eigenvalue weighted by Gasteiger charge is 2.41. The highest BCUT2D eigenvalue weighted by Crippen LogP contribution is 2.37. The summed E-state index contributed by atoms with van der Waals surface area (Å²) in [5, 5.41) is 0. The third-order valence-corrected chi connectivity index (χ3v) is 3.84. The monoisotopic (exact) mass is 212 g/mol. The van der Waals surface area contributed by atoms with Crippen LogP contribution in [0.2, 0.25) is 0 Å². The van der Waals surface area contributed by atoms with Crippen molar-refractivity contribution in [2.45, 2.75) is 32.2 Å². The summed E-state index contributed by atoms with van der Waals surface area (Å²) in [4.78, 5) is 14.2. The van der Waals surface area contributed by atoms with Gasteiger partial charge < -0.3 is 10.6 Å². The molecule has 3 unspecified atom stereocenters. The molecule has 2 bridgehead atoms. The van der Waals surface area contributed by atoms with Gasteiger partial charge in [0.25, 0.3) is 0 Å². The van der Waals surface area contributed by atoms with Crippen molar-refractivity contribution in [3.8, 4) is 0 Å². The topological polar surface area (TPSA) is 46.3 Å². The summed E-state index contributed by atoms with van der Waals surface area (Å²) in [6.07, 6.45) is 3.64. The fourth-order valence-electron chi connectivity index (χ4n) is 2.57. The van der Waals surface area contributed by atoms with E-state index in [1.54, 1.807) is 6.92 Å². The molecule has 3 nitrogen and oxygen atoms in total. The van der Waals surface area contributed by atoms with Gasteiger partial charge in [0.05, 0.1) is 10.9 Å². The van der Waals surface area contributed by atoms with Gasteiger partial charge in [-0.3, -0.25) is 4.79 Å². The number of nitrogens with two attached hydrogens (primary N) is 1. The molecule has 14 heavy (non-hydrogen) atoms. The van der Waals surface area contributed by atoms with Gasteiger partial charge in [0.2, 0.25) is 5.91 Å². The molecular formula is C10H16N2OS. The molecule has 3 atom stereocenters. The molecule has 2 aliphatic rings. The SMILES string of the molecule is CC(C(=O)N1CC2CCC1C2)C(N)=S. The summed E-state index contributed by atoms with van der Waals surface area (Å²) in [6.45, 7) is 2.73. The molecule has 4 heteroatoms. The minimum atomic E-state index is -0.288. The van der Waals surface area contributed by atoms with Crippen LogP contribution < -0.4 is 5.73 Å². The van der Waals surface area contributed by atoms with Gasteiger partial charge in [-0.05, 0) is 32.1 Å². The first-order valence-corrected chi connectivity index (χ1v) is 5.60. The van der Waals surface area contributed by atoms with Crippen molar-refractivity contribution in [2.24, 2.45) is 17.6 Å². The molecule has 1 aliphatic carbocycles. The number of hydrogen-bond acceptors (Lipinski definition) is 2. The maximum atomic E-state index is 11.9. The summed E-state index contributed by atoms with van der Waals surface area (Å²) in [5.41, 5.74) is 5.49. The van der Waals surface area contributed by atoms with Crippen molar-refractivity contribution in [1.29, 1.82) is 0 Å². The first-order valence-electron chi connectivity index (χ1n) is 5.19. The van der Waals surface area contributed by atoms with Crippen LogP contribution in [-0.4, -0.2) is 28.4 Å². The zero-order valence-electron chi connectivity index (χ0n) is 8.40. The maximum Gasteiger partial charge on any atom is 0.232 e. The fraction of sp³-hybridized carbons (Fsp3) is 0.800. The normalized spacial score (nSPS) is 31.9. The first kappa shape index (κ1) is 9.90. The molecule has 2 rings (SSSR count). The Morgan fingerprint density at radius 1 is 1.57 bits per heavy atom. The number of fused-ring (bicyclic) bond motifs is 2. The number of amides is 1. The van der Waals surface area contributed by atoms with Gasteiger partial charge in [-0.15, -0.1) is 0 Å². The van der Waals surface area contributed by atoms with E-state index in [2.05, 4.69) is 0 Å². The van der Waals surface area contributed by atoms with E-state index in [9.17, 15) is 4.79 Å². The lowest BCUT2D eigenvalue weighted by atomic mass is 10.1. The zero-order valence-corrected chi connectivity index (χ0v) is 9.22. The number of rotatable bonds is 2. The predicted octanol–water partition coefficient (Wildman–Crippen LogP) is 0.920. The van der Waals surface area contributed by atoms with Gasteiger partial charge in [0.15, 0.2) is 0 Å².